The summed E-state index contributed by atoms with van der Waals surface area (Å²) in [6.07, 6.45) is 1.08. The van der Waals surface area contributed by atoms with Crippen LogP contribution in [0.5, 0.6) is 11.5 Å². The minimum Gasteiger partial charge on any atom is -0.490 e. The van der Waals surface area contributed by atoms with Crippen molar-refractivity contribution in [3.63, 3.8) is 0 Å². The molecule has 0 heterocycles. The van der Waals surface area contributed by atoms with Gasteiger partial charge in [-0.2, -0.15) is 0 Å². The van der Waals surface area contributed by atoms with Gasteiger partial charge in [0, 0.05) is 12.6 Å². The predicted molar refractivity (Wildman–Crippen MR) is 103 cm³/mol. The number of nitrogens with one attached hydrogen (secondary N) is 1. The largest absolute Gasteiger partial charge is 0.490 e. The monoisotopic (exact) mass is 409 g/mol. The second kappa shape index (κ2) is 9.78. The molecule has 0 unspecified atom stereocenters. The van der Waals surface area contributed by atoms with E-state index < -0.39 is 0 Å². The van der Waals surface area contributed by atoms with Crippen molar-refractivity contribution in [2.24, 2.45) is 0 Å². The van der Waals surface area contributed by atoms with Crippen LogP contribution < -0.4 is 14.8 Å². The minimum atomic E-state index is -0.252. The molecule has 5 heteroatoms. The zero-order valence-corrected chi connectivity index (χ0v) is 16.5. The lowest BCUT2D eigenvalue weighted by Crippen LogP contribution is -2.24. The molecule has 0 spiro atoms. The maximum atomic E-state index is 13.0. The van der Waals surface area contributed by atoms with Gasteiger partial charge in [-0.25, -0.2) is 4.39 Å². The van der Waals surface area contributed by atoms with Gasteiger partial charge in [0.15, 0.2) is 11.5 Å². The molecule has 3 nitrogen and oxygen atoms in total. The molecule has 0 radical (unpaired) electrons. The second-order valence-corrected chi connectivity index (χ2v) is 6.80. The van der Waals surface area contributed by atoms with Crippen LogP contribution in [0.15, 0.2) is 40.9 Å². The molecule has 0 saturated carbocycles. The molecule has 0 bridgehead atoms. The van der Waals surface area contributed by atoms with Crippen LogP contribution in [0.1, 0.15) is 38.3 Å². The second-order valence-electron chi connectivity index (χ2n) is 5.94. The van der Waals surface area contributed by atoms with Gasteiger partial charge >= 0.3 is 0 Å². The highest BCUT2D eigenvalue weighted by atomic mass is 79.9. The first-order chi connectivity index (χ1) is 12.0. The number of halogens is 2. The Labute approximate surface area is 157 Å². The van der Waals surface area contributed by atoms with Crippen molar-refractivity contribution >= 4 is 15.9 Å². The van der Waals surface area contributed by atoms with Crippen molar-refractivity contribution in [1.29, 1.82) is 0 Å². The molecule has 0 aliphatic carbocycles. The van der Waals surface area contributed by atoms with Crippen molar-refractivity contribution in [1.82, 2.24) is 5.32 Å². The fourth-order valence-electron chi connectivity index (χ4n) is 2.30. The van der Waals surface area contributed by atoms with Crippen LogP contribution in [0.3, 0.4) is 0 Å². The Hall–Kier alpha value is -1.59. The highest BCUT2D eigenvalue weighted by Gasteiger charge is 2.13. The zero-order valence-electron chi connectivity index (χ0n) is 14.9. The molecule has 2 aromatic rings. The lowest BCUT2D eigenvalue weighted by atomic mass is 10.1. The van der Waals surface area contributed by atoms with Crippen molar-refractivity contribution in [3.05, 3.63) is 57.8 Å². The summed E-state index contributed by atoms with van der Waals surface area (Å²) in [7, 11) is 0. The van der Waals surface area contributed by atoms with Crippen molar-refractivity contribution in [2.45, 2.75) is 46.4 Å². The summed E-state index contributed by atoms with van der Waals surface area (Å²) in [6.45, 7) is 7.95. The average molecular weight is 410 g/mol. The SMILES string of the molecule is CCOc1cc(CN[C@H](C)CC)cc(Br)c1OCc1ccc(F)cc1. The maximum absolute atomic E-state index is 13.0. The molecule has 1 N–H and O–H groups in total. The van der Waals surface area contributed by atoms with Crippen LogP contribution in [0.4, 0.5) is 4.39 Å². The molecule has 0 aromatic heterocycles. The molecule has 0 saturated heterocycles. The molecule has 2 aromatic carbocycles. The van der Waals surface area contributed by atoms with E-state index in [1.165, 1.54) is 12.1 Å². The quantitative estimate of drug-likeness (QED) is 0.596. The first kappa shape index (κ1) is 19.7. The Bertz CT molecular complexity index is 676. The van der Waals surface area contributed by atoms with Gasteiger partial charge < -0.3 is 14.8 Å². The average Bonchev–Trinajstić information content (AvgIpc) is 2.60. The van der Waals surface area contributed by atoms with Crippen molar-refractivity contribution in [3.8, 4) is 11.5 Å². The summed E-state index contributed by atoms with van der Waals surface area (Å²) < 4.78 is 25.5. The van der Waals surface area contributed by atoms with Gasteiger partial charge in [-0.05, 0) is 71.6 Å². The summed E-state index contributed by atoms with van der Waals surface area (Å²) in [6, 6.07) is 10.8. The summed E-state index contributed by atoms with van der Waals surface area (Å²) >= 11 is 3.58. The van der Waals surface area contributed by atoms with Gasteiger partial charge in [0.2, 0.25) is 0 Å². The van der Waals surface area contributed by atoms with Crippen LogP contribution in [-0.2, 0) is 13.2 Å². The molecule has 136 valence electrons. The molecule has 0 aliphatic rings. The predicted octanol–water partition coefficient (Wildman–Crippen LogP) is 5.45. The van der Waals surface area contributed by atoms with Gasteiger partial charge in [-0.15, -0.1) is 0 Å². The highest BCUT2D eigenvalue weighted by Crippen LogP contribution is 2.37. The normalized spacial score (nSPS) is 12.0. The van der Waals surface area contributed by atoms with Crippen LogP contribution in [0.25, 0.3) is 0 Å². The highest BCUT2D eigenvalue weighted by molar-refractivity contribution is 9.10. The third kappa shape index (κ3) is 6.01. The fourth-order valence-corrected chi connectivity index (χ4v) is 2.90. The van der Waals surface area contributed by atoms with E-state index in [0.29, 0.717) is 30.8 Å². The van der Waals surface area contributed by atoms with Gasteiger partial charge in [0.1, 0.15) is 12.4 Å². The van der Waals surface area contributed by atoms with Gasteiger partial charge in [0.05, 0.1) is 11.1 Å². The van der Waals surface area contributed by atoms with E-state index in [-0.39, 0.29) is 5.82 Å². The number of benzene rings is 2. The lowest BCUT2D eigenvalue weighted by Gasteiger charge is -2.17. The summed E-state index contributed by atoms with van der Waals surface area (Å²) in [5.41, 5.74) is 2.03. The van der Waals surface area contributed by atoms with E-state index >= 15 is 0 Å². The van der Waals surface area contributed by atoms with Gasteiger partial charge in [-0.3, -0.25) is 0 Å². The maximum Gasteiger partial charge on any atom is 0.175 e. The number of ether oxygens (including phenoxy) is 2. The smallest absolute Gasteiger partial charge is 0.175 e. The van der Waals surface area contributed by atoms with E-state index in [1.807, 2.05) is 19.1 Å². The molecule has 25 heavy (non-hydrogen) atoms. The third-order valence-corrected chi connectivity index (χ3v) is 4.52. The minimum absolute atomic E-state index is 0.252. The molecule has 2 rings (SSSR count). The molecule has 0 amide bonds. The van der Waals surface area contributed by atoms with Crippen LogP contribution in [0, 0.1) is 5.82 Å². The first-order valence-electron chi connectivity index (χ1n) is 8.59. The fraction of sp³-hybridized carbons (Fsp3) is 0.400. The summed E-state index contributed by atoms with van der Waals surface area (Å²) in [5, 5.41) is 3.48. The lowest BCUT2D eigenvalue weighted by molar-refractivity contribution is 0.267. The third-order valence-electron chi connectivity index (χ3n) is 3.93. The molecule has 1 atom stereocenters. The first-order valence-corrected chi connectivity index (χ1v) is 9.38. The molecule has 0 fully saturated rings. The van der Waals surface area contributed by atoms with Crippen LogP contribution >= 0.6 is 15.9 Å². The van der Waals surface area contributed by atoms with Crippen LogP contribution in [0.2, 0.25) is 0 Å². The topological polar surface area (TPSA) is 30.5 Å². The number of hydrogen-bond acceptors (Lipinski definition) is 3. The Morgan fingerprint density at radius 3 is 2.44 bits per heavy atom. The number of rotatable bonds is 9. The van der Waals surface area contributed by atoms with Crippen molar-refractivity contribution < 1.29 is 13.9 Å². The Morgan fingerprint density at radius 2 is 1.80 bits per heavy atom. The Kier molecular flexibility index (Phi) is 7.72. The van der Waals surface area contributed by atoms with E-state index in [0.717, 1.165) is 28.6 Å². The zero-order chi connectivity index (χ0) is 18.2. The van der Waals surface area contributed by atoms with Gasteiger partial charge in [0.25, 0.3) is 0 Å². The summed E-state index contributed by atoms with van der Waals surface area (Å²) in [4.78, 5) is 0. The van der Waals surface area contributed by atoms with E-state index in [1.54, 1.807) is 12.1 Å². The Balaban J connectivity index is 2.13. The van der Waals surface area contributed by atoms with E-state index in [9.17, 15) is 4.39 Å². The Morgan fingerprint density at radius 1 is 1.08 bits per heavy atom. The molecule has 0 aliphatic heterocycles. The van der Waals surface area contributed by atoms with E-state index in [4.69, 9.17) is 9.47 Å². The van der Waals surface area contributed by atoms with E-state index in [2.05, 4.69) is 35.1 Å². The van der Waals surface area contributed by atoms with Crippen LogP contribution in [-0.4, -0.2) is 12.6 Å². The number of hydrogen-bond donors (Lipinski definition) is 1. The van der Waals surface area contributed by atoms with Crippen molar-refractivity contribution in [2.75, 3.05) is 6.61 Å². The molecular weight excluding hydrogens is 385 g/mol. The van der Waals surface area contributed by atoms with Gasteiger partial charge in [-0.1, -0.05) is 19.1 Å². The summed E-state index contributed by atoms with van der Waals surface area (Å²) in [5.74, 6) is 1.12. The standard InChI is InChI=1S/C20H25BrFNO2/c1-4-14(3)23-12-16-10-18(21)20(19(11-16)24-5-2)25-13-15-6-8-17(22)9-7-15/h6-11,14,23H,4-5,12-13H2,1-3H3/t14-/m1/s1. The molecular formula is C20H25BrFNO2.